The molecule has 0 unspecified atom stereocenters. The van der Waals surface area contributed by atoms with Gasteiger partial charge >= 0.3 is 5.97 Å². The minimum atomic E-state index is -0.574. The fourth-order valence-corrected chi connectivity index (χ4v) is 3.27. The zero-order valence-electron chi connectivity index (χ0n) is 15.0. The number of Topliss-reactive ketones (excluding diaryl/α,β-unsaturated/α-hetero) is 1. The Morgan fingerprint density at radius 2 is 1.74 bits per heavy atom. The topological polar surface area (TPSA) is 74.7 Å². The van der Waals surface area contributed by atoms with Crippen molar-refractivity contribution in [2.45, 2.75) is 6.92 Å². The molecule has 0 spiro atoms. The lowest BCUT2D eigenvalue weighted by Gasteiger charge is -2.10. The Bertz CT molecular complexity index is 978. The van der Waals surface area contributed by atoms with E-state index in [1.807, 2.05) is 12.1 Å². The van der Waals surface area contributed by atoms with Gasteiger partial charge in [-0.15, -0.1) is 11.3 Å². The van der Waals surface area contributed by atoms with Crippen LogP contribution in [0.25, 0.3) is 10.6 Å². The molecule has 1 heterocycles. The Morgan fingerprint density at radius 3 is 2.37 bits per heavy atom. The van der Waals surface area contributed by atoms with Crippen molar-refractivity contribution < 1.29 is 23.8 Å². The molecule has 7 heteroatoms. The SMILES string of the molecule is COc1cccc(-c2nc(C(=O)Oc3ccc(C(C)=O)cc3)cs2)c1OC. The Morgan fingerprint density at radius 1 is 1.00 bits per heavy atom. The fraction of sp³-hybridized carbons (Fsp3) is 0.150. The minimum Gasteiger partial charge on any atom is -0.493 e. The number of methoxy groups -OCH3 is 2. The van der Waals surface area contributed by atoms with E-state index in [2.05, 4.69) is 4.98 Å². The third-order valence-electron chi connectivity index (χ3n) is 3.82. The Labute approximate surface area is 160 Å². The third-order valence-corrected chi connectivity index (χ3v) is 4.69. The van der Waals surface area contributed by atoms with E-state index in [0.717, 1.165) is 5.56 Å². The van der Waals surface area contributed by atoms with Gasteiger partial charge in [-0.05, 0) is 43.3 Å². The normalized spacial score (nSPS) is 10.3. The lowest BCUT2D eigenvalue weighted by atomic mass is 10.1. The van der Waals surface area contributed by atoms with E-state index in [9.17, 15) is 9.59 Å². The van der Waals surface area contributed by atoms with Crippen LogP contribution in [0, 0.1) is 0 Å². The second kappa shape index (κ2) is 8.01. The maximum Gasteiger partial charge on any atom is 0.363 e. The molecule has 3 rings (SSSR count). The van der Waals surface area contributed by atoms with E-state index in [1.54, 1.807) is 49.9 Å². The Kier molecular flexibility index (Phi) is 5.52. The molecule has 2 aromatic carbocycles. The summed E-state index contributed by atoms with van der Waals surface area (Å²) in [5, 5.41) is 2.24. The highest BCUT2D eigenvalue weighted by Crippen LogP contribution is 2.39. The first-order chi connectivity index (χ1) is 13.0. The molecule has 138 valence electrons. The van der Waals surface area contributed by atoms with E-state index in [0.29, 0.717) is 27.8 Å². The number of esters is 1. The molecule has 3 aromatic rings. The van der Waals surface area contributed by atoms with Gasteiger partial charge in [0.25, 0.3) is 0 Å². The first-order valence-corrected chi connectivity index (χ1v) is 8.91. The predicted octanol–water partition coefficient (Wildman–Crippen LogP) is 4.25. The van der Waals surface area contributed by atoms with E-state index in [-0.39, 0.29) is 11.5 Å². The lowest BCUT2D eigenvalue weighted by molar-refractivity contribution is 0.0729. The van der Waals surface area contributed by atoms with Crippen LogP contribution < -0.4 is 14.2 Å². The van der Waals surface area contributed by atoms with Crippen LogP contribution in [-0.2, 0) is 0 Å². The van der Waals surface area contributed by atoms with Crippen molar-refractivity contribution in [3.05, 3.63) is 59.1 Å². The number of benzene rings is 2. The van der Waals surface area contributed by atoms with E-state index >= 15 is 0 Å². The number of thiazole rings is 1. The summed E-state index contributed by atoms with van der Waals surface area (Å²) in [6, 6.07) is 11.8. The van der Waals surface area contributed by atoms with Crippen molar-refractivity contribution in [2.75, 3.05) is 14.2 Å². The lowest BCUT2D eigenvalue weighted by Crippen LogP contribution is -2.09. The summed E-state index contributed by atoms with van der Waals surface area (Å²) in [6.07, 6.45) is 0. The van der Waals surface area contributed by atoms with Gasteiger partial charge in [-0.1, -0.05) is 6.07 Å². The monoisotopic (exact) mass is 383 g/mol. The summed E-state index contributed by atoms with van der Waals surface area (Å²) in [5.41, 5.74) is 1.47. The molecule has 6 nitrogen and oxygen atoms in total. The van der Waals surface area contributed by atoms with Crippen molar-refractivity contribution >= 4 is 23.1 Å². The van der Waals surface area contributed by atoms with E-state index in [1.165, 1.54) is 18.3 Å². The molecule has 0 fully saturated rings. The maximum absolute atomic E-state index is 12.4. The van der Waals surface area contributed by atoms with Crippen LogP contribution in [-0.4, -0.2) is 31.0 Å². The molecular weight excluding hydrogens is 366 g/mol. The van der Waals surface area contributed by atoms with Crippen LogP contribution in [0.3, 0.4) is 0 Å². The van der Waals surface area contributed by atoms with Crippen LogP contribution >= 0.6 is 11.3 Å². The average molecular weight is 383 g/mol. The highest BCUT2D eigenvalue weighted by Gasteiger charge is 2.18. The van der Waals surface area contributed by atoms with Crippen LogP contribution in [0.1, 0.15) is 27.8 Å². The first kappa shape index (κ1) is 18.6. The van der Waals surface area contributed by atoms with Crippen molar-refractivity contribution in [3.63, 3.8) is 0 Å². The Hall–Kier alpha value is -3.19. The standard InChI is InChI=1S/C20H17NO5S/c1-12(22)13-7-9-14(10-8-13)26-20(23)16-11-27-19(21-16)15-5-4-6-17(24-2)18(15)25-3/h4-11H,1-3H3. The van der Waals surface area contributed by atoms with E-state index in [4.69, 9.17) is 14.2 Å². The number of ether oxygens (including phenoxy) is 3. The van der Waals surface area contributed by atoms with Crippen molar-refractivity contribution in [1.29, 1.82) is 0 Å². The second-order valence-electron chi connectivity index (χ2n) is 5.55. The molecule has 1 aromatic heterocycles. The highest BCUT2D eigenvalue weighted by atomic mass is 32.1. The number of carbonyl (C=O) groups is 2. The van der Waals surface area contributed by atoms with Crippen molar-refractivity contribution in [1.82, 2.24) is 4.98 Å². The number of rotatable bonds is 6. The van der Waals surface area contributed by atoms with Gasteiger partial charge in [-0.2, -0.15) is 0 Å². The van der Waals surface area contributed by atoms with Gasteiger partial charge in [0.05, 0.1) is 19.8 Å². The quantitative estimate of drug-likeness (QED) is 0.360. The van der Waals surface area contributed by atoms with Gasteiger partial charge in [0.15, 0.2) is 23.0 Å². The Balaban J connectivity index is 1.81. The molecular formula is C20H17NO5S. The van der Waals surface area contributed by atoms with Gasteiger partial charge in [0.1, 0.15) is 10.8 Å². The highest BCUT2D eigenvalue weighted by molar-refractivity contribution is 7.13. The van der Waals surface area contributed by atoms with Crippen molar-refractivity contribution in [2.24, 2.45) is 0 Å². The molecule has 0 radical (unpaired) electrons. The predicted molar refractivity (Wildman–Crippen MR) is 102 cm³/mol. The van der Waals surface area contributed by atoms with Crippen LogP contribution in [0.4, 0.5) is 0 Å². The number of hydrogen-bond acceptors (Lipinski definition) is 7. The molecule has 0 saturated carbocycles. The van der Waals surface area contributed by atoms with Crippen LogP contribution in [0.15, 0.2) is 47.8 Å². The van der Waals surface area contributed by atoms with Gasteiger partial charge in [0.2, 0.25) is 0 Å². The first-order valence-electron chi connectivity index (χ1n) is 8.03. The summed E-state index contributed by atoms with van der Waals surface area (Å²) in [6.45, 7) is 1.48. The van der Waals surface area contributed by atoms with Crippen LogP contribution in [0.2, 0.25) is 0 Å². The molecule has 0 bridgehead atoms. The molecule has 0 atom stereocenters. The number of ketones is 1. The molecule has 0 aliphatic rings. The average Bonchev–Trinajstić information content (AvgIpc) is 3.17. The summed E-state index contributed by atoms with van der Waals surface area (Å²) in [5.74, 6) is 0.853. The maximum atomic E-state index is 12.4. The second-order valence-corrected chi connectivity index (χ2v) is 6.41. The molecule has 0 aliphatic carbocycles. The largest absolute Gasteiger partial charge is 0.493 e. The summed E-state index contributed by atoms with van der Waals surface area (Å²) in [4.78, 5) is 28.0. The molecule has 0 saturated heterocycles. The van der Waals surface area contributed by atoms with Crippen LogP contribution in [0.5, 0.6) is 17.2 Å². The summed E-state index contributed by atoms with van der Waals surface area (Å²) >= 11 is 1.30. The number of aromatic nitrogens is 1. The van der Waals surface area contributed by atoms with Gasteiger partial charge in [-0.3, -0.25) is 4.79 Å². The van der Waals surface area contributed by atoms with Gasteiger partial charge in [0, 0.05) is 10.9 Å². The summed E-state index contributed by atoms with van der Waals surface area (Å²) in [7, 11) is 3.11. The number of nitrogens with zero attached hydrogens (tertiary/aromatic N) is 1. The third kappa shape index (κ3) is 3.98. The number of para-hydroxylation sites is 1. The zero-order valence-corrected chi connectivity index (χ0v) is 15.8. The molecule has 27 heavy (non-hydrogen) atoms. The smallest absolute Gasteiger partial charge is 0.363 e. The number of carbonyl (C=O) groups excluding carboxylic acids is 2. The van der Waals surface area contributed by atoms with Gasteiger partial charge < -0.3 is 14.2 Å². The number of hydrogen-bond donors (Lipinski definition) is 0. The molecule has 0 amide bonds. The molecule has 0 N–H and O–H groups in total. The zero-order chi connectivity index (χ0) is 19.4. The van der Waals surface area contributed by atoms with Gasteiger partial charge in [-0.25, -0.2) is 9.78 Å². The fourth-order valence-electron chi connectivity index (χ4n) is 2.46. The van der Waals surface area contributed by atoms with Crippen molar-refractivity contribution in [3.8, 4) is 27.8 Å². The van der Waals surface area contributed by atoms with E-state index < -0.39 is 5.97 Å². The molecule has 0 aliphatic heterocycles. The summed E-state index contributed by atoms with van der Waals surface area (Å²) < 4.78 is 16.0. The minimum absolute atomic E-state index is 0.0516.